The second-order valence-corrected chi connectivity index (χ2v) is 4.84. The number of hydrogen-bond acceptors (Lipinski definition) is 5. The molecule has 2 aromatic rings. The molecule has 96 valence electrons. The molecule has 0 aliphatic carbocycles. The van der Waals surface area contributed by atoms with Gasteiger partial charge in [-0.25, -0.2) is 9.97 Å². The highest BCUT2D eigenvalue weighted by Crippen LogP contribution is 2.14. The van der Waals surface area contributed by atoms with Gasteiger partial charge in [0.1, 0.15) is 23.8 Å². The van der Waals surface area contributed by atoms with E-state index in [0.29, 0.717) is 6.54 Å². The average molecular weight is 246 g/mol. The molecule has 0 aliphatic heterocycles. The van der Waals surface area contributed by atoms with Crippen LogP contribution in [0.25, 0.3) is 0 Å². The lowest BCUT2D eigenvalue weighted by Gasteiger charge is -2.19. The van der Waals surface area contributed by atoms with Gasteiger partial charge < -0.3 is 21.4 Å². The molecule has 2 aromatic heterocycles. The zero-order valence-corrected chi connectivity index (χ0v) is 10.6. The van der Waals surface area contributed by atoms with Gasteiger partial charge >= 0.3 is 0 Å². The summed E-state index contributed by atoms with van der Waals surface area (Å²) in [6.07, 6.45) is 3.36. The summed E-state index contributed by atoms with van der Waals surface area (Å²) in [5, 5.41) is 6.32. The van der Waals surface area contributed by atoms with Crippen LogP contribution in [0.2, 0.25) is 0 Å². The van der Waals surface area contributed by atoms with Crippen molar-refractivity contribution < 1.29 is 0 Å². The molecule has 0 saturated carbocycles. The highest BCUT2D eigenvalue weighted by molar-refractivity contribution is 5.55. The lowest BCUT2D eigenvalue weighted by atomic mass is 10.1. The number of aromatic nitrogens is 3. The zero-order chi connectivity index (χ0) is 13.0. The zero-order valence-electron chi connectivity index (χ0n) is 10.6. The fourth-order valence-electron chi connectivity index (χ4n) is 1.39. The number of nitrogens with zero attached hydrogens (tertiary/aromatic N) is 2. The molecule has 5 N–H and O–H groups in total. The van der Waals surface area contributed by atoms with Gasteiger partial charge in [-0.05, 0) is 26.0 Å². The minimum absolute atomic E-state index is 0.280. The Hall–Kier alpha value is -2.08. The van der Waals surface area contributed by atoms with Crippen molar-refractivity contribution in [2.45, 2.75) is 19.4 Å². The Labute approximate surface area is 106 Å². The molecule has 0 atom stereocenters. The Morgan fingerprint density at radius 1 is 1.33 bits per heavy atom. The van der Waals surface area contributed by atoms with Crippen molar-refractivity contribution in [3.05, 3.63) is 30.7 Å². The van der Waals surface area contributed by atoms with Crippen molar-refractivity contribution in [2.75, 3.05) is 17.2 Å². The number of nitrogens with two attached hydrogens (primary N) is 1. The van der Waals surface area contributed by atoms with Gasteiger partial charge in [-0.15, -0.1) is 0 Å². The van der Waals surface area contributed by atoms with Crippen LogP contribution < -0.4 is 16.4 Å². The third-order valence-corrected chi connectivity index (χ3v) is 2.25. The molecule has 0 aromatic carbocycles. The maximum absolute atomic E-state index is 5.90. The van der Waals surface area contributed by atoms with Gasteiger partial charge in [0.05, 0.1) is 0 Å². The molecule has 0 fully saturated rings. The maximum atomic E-state index is 5.90. The second kappa shape index (κ2) is 5.05. The highest BCUT2D eigenvalue weighted by Gasteiger charge is 2.10. The van der Waals surface area contributed by atoms with E-state index in [1.807, 2.05) is 38.2 Å². The standard InChI is InChI=1S/C12H18N6/c1-12(2,13)7-15-10-6-11(17-8-16-10)18-9-4-3-5-14-9/h3-6,8,14H,7,13H2,1-2H3,(H2,15,16,17,18). The summed E-state index contributed by atoms with van der Waals surface area (Å²) >= 11 is 0. The third-order valence-electron chi connectivity index (χ3n) is 2.25. The lowest BCUT2D eigenvalue weighted by Crippen LogP contribution is -2.39. The Bertz CT molecular complexity index is 486. The fraction of sp³-hybridized carbons (Fsp3) is 0.333. The average Bonchev–Trinajstić information content (AvgIpc) is 2.79. The molecule has 0 spiro atoms. The van der Waals surface area contributed by atoms with Crippen molar-refractivity contribution in [1.82, 2.24) is 15.0 Å². The van der Waals surface area contributed by atoms with Crippen LogP contribution in [-0.2, 0) is 0 Å². The lowest BCUT2D eigenvalue weighted by molar-refractivity contribution is 0.548. The van der Waals surface area contributed by atoms with Crippen molar-refractivity contribution in [2.24, 2.45) is 5.73 Å². The van der Waals surface area contributed by atoms with Crippen LogP contribution in [0.4, 0.5) is 17.5 Å². The van der Waals surface area contributed by atoms with Gasteiger partial charge in [-0.3, -0.25) is 0 Å². The van der Waals surface area contributed by atoms with E-state index in [1.165, 1.54) is 6.33 Å². The predicted molar refractivity (Wildman–Crippen MR) is 72.9 cm³/mol. The Morgan fingerprint density at radius 3 is 2.78 bits per heavy atom. The van der Waals surface area contributed by atoms with Crippen molar-refractivity contribution >= 4 is 17.5 Å². The Morgan fingerprint density at radius 2 is 2.11 bits per heavy atom. The molecule has 2 heterocycles. The van der Waals surface area contributed by atoms with Gasteiger partial charge in [-0.1, -0.05) is 0 Å². The van der Waals surface area contributed by atoms with Gasteiger partial charge in [0.25, 0.3) is 0 Å². The van der Waals surface area contributed by atoms with Crippen LogP contribution in [0.5, 0.6) is 0 Å². The quantitative estimate of drug-likeness (QED) is 0.644. The van der Waals surface area contributed by atoms with E-state index in [9.17, 15) is 0 Å². The van der Waals surface area contributed by atoms with Gasteiger partial charge in [0, 0.05) is 24.3 Å². The molecule has 0 amide bonds. The second-order valence-electron chi connectivity index (χ2n) is 4.84. The molecule has 0 aliphatic rings. The van der Waals surface area contributed by atoms with E-state index >= 15 is 0 Å². The van der Waals surface area contributed by atoms with Crippen LogP contribution in [0.15, 0.2) is 30.7 Å². The fourth-order valence-corrected chi connectivity index (χ4v) is 1.39. The van der Waals surface area contributed by atoms with E-state index in [4.69, 9.17) is 5.73 Å². The van der Waals surface area contributed by atoms with Gasteiger partial charge in [0.2, 0.25) is 0 Å². The van der Waals surface area contributed by atoms with E-state index in [2.05, 4.69) is 25.6 Å². The predicted octanol–water partition coefficient (Wildman–Crippen LogP) is 1.70. The van der Waals surface area contributed by atoms with E-state index in [1.54, 1.807) is 0 Å². The Balaban J connectivity index is 2.01. The van der Waals surface area contributed by atoms with Gasteiger partial charge in [0.15, 0.2) is 0 Å². The summed E-state index contributed by atoms with van der Waals surface area (Å²) in [7, 11) is 0. The summed E-state index contributed by atoms with van der Waals surface area (Å²) < 4.78 is 0. The maximum Gasteiger partial charge on any atom is 0.136 e. The number of nitrogens with one attached hydrogen (secondary N) is 3. The van der Waals surface area contributed by atoms with E-state index in [-0.39, 0.29) is 5.54 Å². The number of H-pyrrole nitrogens is 1. The monoisotopic (exact) mass is 246 g/mol. The molecule has 0 bridgehead atoms. The highest BCUT2D eigenvalue weighted by atomic mass is 15.1. The van der Waals surface area contributed by atoms with Crippen LogP contribution in [0.1, 0.15) is 13.8 Å². The molecule has 18 heavy (non-hydrogen) atoms. The van der Waals surface area contributed by atoms with Crippen LogP contribution >= 0.6 is 0 Å². The summed E-state index contributed by atoms with van der Waals surface area (Å²) in [4.78, 5) is 11.3. The van der Waals surface area contributed by atoms with Gasteiger partial charge in [-0.2, -0.15) is 0 Å². The summed E-state index contributed by atoms with van der Waals surface area (Å²) in [5.41, 5.74) is 5.62. The first-order valence-corrected chi connectivity index (χ1v) is 5.78. The van der Waals surface area contributed by atoms with Crippen LogP contribution in [-0.4, -0.2) is 27.0 Å². The molecular formula is C12H18N6. The SMILES string of the molecule is CC(C)(N)CNc1cc(Nc2ccc[nH]2)ncn1. The summed E-state index contributed by atoms with van der Waals surface area (Å²) in [6.45, 7) is 4.56. The van der Waals surface area contributed by atoms with Crippen LogP contribution in [0.3, 0.4) is 0 Å². The molecular weight excluding hydrogens is 228 g/mol. The summed E-state index contributed by atoms with van der Waals surface area (Å²) in [5.74, 6) is 2.36. The largest absolute Gasteiger partial charge is 0.368 e. The van der Waals surface area contributed by atoms with E-state index in [0.717, 1.165) is 17.5 Å². The molecule has 6 nitrogen and oxygen atoms in total. The first kappa shape index (κ1) is 12.4. The van der Waals surface area contributed by atoms with E-state index < -0.39 is 0 Å². The smallest absolute Gasteiger partial charge is 0.136 e. The minimum Gasteiger partial charge on any atom is -0.368 e. The Kier molecular flexibility index (Phi) is 3.47. The van der Waals surface area contributed by atoms with Crippen molar-refractivity contribution in [3.8, 4) is 0 Å². The number of rotatable bonds is 5. The third kappa shape index (κ3) is 3.74. The first-order valence-electron chi connectivity index (χ1n) is 5.78. The number of anilines is 3. The summed E-state index contributed by atoms with van der Waals surface area (Å²) in [6, 6.07) is 5.68. The number of hydrogen-bond donors (Lipinski definition) is 4. The molecule has 0 saturated heterocycles. The molecule has 6 heteroatoms. The molecule has 2 rings (SSSR count). The normalized spacial score (nSPS) is 11.3. The van der Waals surface area contributed by atoms with Crippen molar-refractivity contribution in [3.63, 3.8) is 0 Å². The van der Waals surface area contributed by atoms with Crippen LogP contribution in [0, 0.1) is 0 Å². The number of aromatic amines is 1. The minimum atomic E-state index is -0.280. The topological polar surface area (TPSA) is 91.7 Å². The van der Waals surface area contributed by atoms with Crippen molar-refractivity contribution in [1.29, 1.82) is 0 Å². The molecule has 0 radical (unpaired) electrons. The molecule has 0 unspecified atom stereocenters. The first-order chi connectivity index (χ1) is 8.53.